The van der Waals surface area contributed by atoms with Gasteiger partial charge in [0.05, 0.1) is 0 Å². The Labute approximate surface area is 97.8 Å². The number of nitrogens with one attached hydrogen (secondary N) is 1. The van der Waals surface area contributed by atoms with E-state index in [4.69, 9.17) is 0 Å². The van der Waals surface area contributed by atoms with E-state index in [1.165, 1.54) is 0 Å². The molecular formula is C12H22N4. The summed E-state index contributed by atoms with van der Waals surface area (Å²) in [5.41, 5.74) is 0.0377. The maximum absolute atomic E-state index is 4.25. The van der Waals surface area contributed by atoms with Crippen LogP contribution in [0.3, 0.4) is 0 Å². The average molecular weight is 222 g/mol. The molecule has 0 saturated heterocycles. The Balaban J connectivity index is 2.59. The summed E-state index contributed by atoms with van der Waals surface area (Å²) in [5, 5.41) is 7.51. The van der Waals surface area contributed by atoms with Gasteiger partial charge in [-0.3, -0.25) is 4.68 Å². The van der Waals surface area contributed by atoms with E-state index in [1.807, 2.05) is 17.8 Å². The van der Waals surface area contributed by atoms with Gasteiger partial charge in [0.25, 0.3) is 0 Å². The summed E-state index contributed by atoms with van der Waals surface area (Å²) < 4.78 is 1.82. The van der Waals surface area contributed by atoms with Gasteiger partial charge in [-0.15, -0.1) is 6.58 Å². The number of hydrogen-bond acceptors (Lipinski definition) is 3. The number of aryl methyl sites for hydroxylation is 1. The van der Waals surface area contributed by atoms with Gasteiger partial charge in [-0.25, -0.2) is 4.98 Å². The van der Waals surface area contributed by atoms with Gasteiger partial charge in [0, 0.05) is 25.4 Å². The largest absolute Gasteiger partial charge is 0.316 e. The van der Waals surface area contributed by atoms with Crippen LogP contribution in [-0.2, 0) is 13.5 Å². The van der Waals surface area contributed by atoms with Crippen LogP contribution in [0.5, 0.6) is 0 Å². The number of aromatic nitrogens is 3. The van der Waals surface area contributed by atoms with Crippen LogP contribution in [0, 0.1) is 5.41 Å². The molecule has 0 aliphatic carbocycles. The second-order valence-electron chi connectivity index (χ2n) is 4.51. The Morgan fingerprint density at radius 1 is 1.62 bits per heavy atom. The Bertz CT molecular complexity index is 332. The molecule has 16 heavy (non-hydrogen) atoms. The molecule has 1 N–H and O–H groups in total. The summed E-state index contributed by atoms with van der Waals surface area (Å²) in [6.45, 7) is 10.3. The molecule has 90 valence electrons. The van der Waals surface area contributed by atoms with Gasteiger partial charge in [0.1, 0.15) is 12.2 Å². The zero-order valence-corrected chi connectivity index (χ0v) is 10.5. The lowest BCUT2D eigenvalue weighted by molar-refractivity contribution is 0.377. The van der Waals surface area contributed by atoms with Crippen LogP contribution < -0.4 is 5.32 Å². The van der Waals surface area contributed by atoms with Crippen LogP contribution >= 0.6 is 0 Å². The van der Waals surface area contributed by atoms with Crippen LogP contribution in [0.15, 0.2) is 19.0 Å². The number of hydrogen-bond donors (Lipinski definition) is 1. The number of nitrogens with zero attached hydrogens (tertiary/aromatic N) is 3. The van der Waals surface area contributed by atoms with Crippen molar-refractivity contribution in [1.82, 2.24) is 20.1 Å². The van der Waals surface area contributed by atoms with Crippen molar-refractivity contribution >= 4 is 0 Å². The fourth-order valence-corrected chi connectivity index (χ4v) is 1.60. The van der Waals surface area contributed by atoms with Crippen molar-refractivity contribution < 1.29 is 0 Å². The Kier molecular flexibility index (Phi) is 4.68. The molecule has 1 aromatic rings. The van der Waals surface area contributed by atoms with Gasteiger partial charge >= 0.3 is 0 Å². The quantitative estimate of drug-likeness (QED) is 0.562. The third-order valence-corrected chi connectivity index (χ3v) is 2.82. The van der Waals surface area contributed by atoms with Gasteiger partial charge in [0.2, 0.25) is 0 Å². The molecule has 1 unspecified atom stereocenters. The van der Waals surface area contributed by atoms with Gasteiger partial charge in [0.15, 0.2) is 0 Å². The highest BCUT2D eigenvalue weighted by Crippen LogP contribution is 2.21. The van der Waals surface area contributed by atoms with E-state index in [1.54, 1.807) is 6.33 Å². The summed E-state index contributed by atoms with van der Waals surface area (Å²) in [7, 11) is 1.92. The highest BCUT2D eigenvalue weighted by Gasteiger charge is 2.22. The Morgan fingerprint density at radius 2 is 2.38 bits per heavy atom. The second-order valence-corrected chi connectivity index (χ2v) is 4.51. The van der Waals surface area contributed by atoms with Crippen molar-refractivity contribution in [2.45, 2.75) is 26.7 Å². The van der Waals surface area contributed by atoms with Crippen molar-refractivity contribution in [2.75, 3.05) is 13.1 Å². The molecule has 0 saturated carbocycles. The predicted molar refractivity (Wildman–Crippen MR) is 66.2 cm³/mol. The van der Waals surface area contributed by atoms with E-state index >= 15 is 0 Å². The highest BCUT2D eigenvalue weighted by molar-refractivity contribution is 5.01. The third kappa shape index (κ3) is 3.45. The van der Waals surface area contributed by atoms with Crippen LogP contribution in [0.25, 0.3) is 0 Å². The minimum absolute atomic E-state index is 0.0377. The van der Waals surface area contributed by atoms with Crippen molar-refractivity contribution in [3.8, 4) is 0 Å². The lowest BCUT2D eigenvalue weighted by Gasteiger charge is -2.25. The van der Waals surface area contributed by atoms with E-state index in [-0.39, 0.29) is 5.41 Å². The Hall–Kier alpha value is -1.16. The van der Waals surface area contributed by atoms with Crippen molar-refractivity contribution in [3.63, 3.8) is 0 Å². The van der Waals surface area contributed by atoms with E-state index < -0.39 is 0 Å². The van der Waals surface area contributed by atoms with Gasteiger partial charge in [-0.2, -0.15) is 5.10 Å². The molecule has 0 aromatic carbocycles. The topological polar surface area (TPSA) is 42.7 Å². The first-order valence-corrected chi connectivity index (χ1v) is 5.78. The molecule has 0 amide bonds. The molecule has 4 heteroatoms. The molecule has 1 atom stereocenters. The zero-order chi connectivity index (χ0) is 12.0. The lowest BCUT2D eigenvalue weighted by Crippen LogP contribution is -2.33. The minimum atomic E-state index is 0.0377. The monoisotopic (exact) mass is 222 g/mol. The van der Waals surface area contributed by atoms with Gasteiger partial charge in [-0.1, -0.05) is 19.9 Å². The molecule has 0 bridgehead atoms. The Morgan fingerprint density at radius 3 is 2.88 bits per heavy atom. The molecule has 4 nitrogen and oxygen atoms in total. The molecule has 1 heterocycles. The van der Waals surface area contributed by atoms with Gasteiger partial charge < -0.3 is 5.32 Å². The average Bonchev–Trinajstić information content (AvgIpc) is 2.65. The summed E-state index contributed by atoms with van der Waals surface area (Å²) in [6.07, 6.45) is 5.61. The summed E-state index contributed by atoms with van der Waals surface area (Å²) >= 11 is 0. The van der Waals surface area contributed by atoms with Crippen LogP contribution in [0.2, 0.25) is 0 Å². The fourth-order valence-electron chi connectivity index (χ4n) is 1.60. The molecule has 0 aliphatic heterocycles. The second kappa shape index (κ2) is 5.80. The molecular weight excluding hydrogens is 200 g/mol. The number of rotatable bonds is 7. The van der Waals surface area contributed by atoms with Crippen LogP contribution in [-0.4, -0.2) is 27.9 Å². The first-order chi connectivity index (χ1) is 7.61. The fraction of sp³-hybridized carbons (Fsp3) is 0.667. The van der Waals surface area contributed by atoms with Crippen molar-refractivity contribution in [2.24, 2.45) is 12.5 Å². The molecule has 0 fully saturated rings. The zero-order valence-electron chi connectivity index (χ0n) is 10.5. The van der Waals surface area contributed by atoms with Crippen molar-refractivity contribution in [3.05, 3.63) is 24.8 Å². The molecule has 1 rings (SSSR count). The van der Waals surface area contributed by atoms with E-state index in [0.29, 0.717) is 0 Å². The van der Waals surface area contributed by atoms with E-state index in [2.05, 4.69) is 35.8 Å². The standard InChI is InChI=1S/C12H22N4/c1-5-7-13-9-12(3,6-2)8-11-14-10-15-16(11)4/h6,10,13H,2,5,7-9H2,1,3-4H3. The normalized spacial score (nSPS) is 14.7. The van der Waals surface area contributed by atoms with Crippen LogP contribution in [0.4, 0.5) is 0 Å². The smallest absolute Gasteiger partial charge is 0.138 e. The van der Waals surface area contributed by atoms with Crippen LogP contribution in [0.1, 0.15) is 26.1 Å². The van der Waals surface area contributed by atoms with E-state index in [9.17, 15) is 0 Å². The molecule has 0 spiro atoms. The first-order valence-electron chi connectivity index (χ1n) is 5.78. The molecule has 0 aliphatic rings. The summed E-state index contributed by atoms with van der Waals surface area (Å²) in [4.78, 5) is 4.25. The summed E-state index contributed by atoms with van der Waals surface area (Å²) in [5.74, 6) is 1.00. The predicted octanol–water partition coefficient (Wildman–Crippen LogP) is 1.55. The van der Waals surface area contributed by atoms with E-state index in [0.717, 1.165) is 31.8 Å². The lowest BCUT2D eigenvalue weighted by atomic mass is 9.86. The molecule has 0 radical (unpaired) electrons. The highest BCUT2D eigenvalue weighted by atomic mass is 15.3. The van der Waals surface area contributed by atoms with Gasteiger partial charge in [-0.05, 0) is 13.0 Å². The SMILES string of the molecule is C=CC(C)(CNCCC)Cc1ncnn1C. The molecule has 1 aromatic heterocycles. The minimum Gasteiger partial charge on any atom is -0.316 e. The maximum atomic E-state index is 4.25. The first kappa shape index (κ1) is 12.9. The summed E-state index contributed by atoms with van der Waals surface area (Å²) in [6, 6.07) is 0. The van der Waals surface area contributed by atoms with Crippen molar-refractivity contribution in [1.29, 1.82) is 0 Å². The maximum Gasteiger partial charge on any atom is 0.138 e. The third-order valence-electron chi connectivity index (χ3n) is 2.82.